The van der Waals surface area contributed by atoms with Crippen LogP contribution >= 0.6 is 0 Å². The fourth-order valence-electron chi connectivity index (χ4n) is 4.52. The molecule has 0 aromatic heterocycles. The maximum atomic E-state index is 12.7. The highest BCUT2D eigenvalue weighted by molar-refractivity contribution is 5.89. The molecule has 2 aliphatic carbocycles. The van der Waals surface area contributed by atoms with Gasteiger partial charge in [-0.05, 0) is 29.6 Å². The summed E-state index contributed by atoms with van der Waals surface area (Å²) >= 11 is 0. The van der Waals surface area contributed by atoms with E-state index in [9.17, 15) is 10.1 Å². The predicted molar refractivity (Wildman–Crippen MR) is 71.7 cm³/mol. The second-order valence-corrected chi connectivity index (χ2v) is 8.34. The van der Waals surface area contributed by atoms with E-state index in [2.05, 4.69) is 40.7 Å². The molecule has 0 radical (unpaired) electrons. The Hall–Kier alpha value is -0.840. The van der Waals surface area contributed by atoms with Gasteiger partial charge in [0.2, 0.25) is 0 Å². The first-order valence-corrected chi connectivity index (χ1v) is 6.95. The number of hydrogen-bond donors (Lipinski definition) is 0. The molecule has 0 aromatic rings. The molecule has 0 heterocycles. The van der Waals surface area contributed by atoms with Crippen molar-refractivity contribution in [2.75, 3.05) is 0 Å². The third-order valence-electron chi connectivity index (χ3n) is 5.74. The Kier molecular flexibility index (Phi) is 2.55. The van der Waals surface area contributed by atoms with Gasteiger partial charge >= 0.3 is 0 Å². The van der Waals surface area contributed by atoms with Crippen LogP contribution in [0.25, 0.3) is 0 Å². The molecular weight excluding hydrogens is 222 g/mol. The van der Waals surface area contributed by atoms with Crippen molar-refractivity contribution < 1.29 is 4.79 Å². The highest BCUT2D eigenvalue weighted by atomic mass is 16.1. The molecule has 2 heteroatoms. The van der Waals surface area contributed by atoms with Gasteiger partial charge in [-0.1, -0.05) is 41.5 Å². The zero-order chi connectivity index (χ0) is 14.0. The average molecular weight is 247 g/mol. The Balaban J connectivity index is 2.45. The number of ketones is 1. The van der Waals surface area contributed by atoms with Crippen LogP contribution in [0.3, 0.4) is 0 Å². The van der Waals surface area contributed by atoms with Crippen molar-refractivity contribution in [3.63, 3.8) is 0 Å². The zero-order valence-electron chi connectivity index (χ0n) is 12.6. The molecule has 2 fully saturated rings. The van der Waals surface area contributed by atoms with Gasteiger partial charge in [-0.2, -0.15) is 5.26 Å². The van der Waals surface area contributed by atoms with Gasteiger partial charge in [-0.15, -0.1) is 0 Å². The van der Waals surface area contributed by atoms with Gasteiger partial charge in [0.05, 0.1) is 11.5 Å². The third-order valence-corrected chi connectivity index (χ3v) is 5.74. The van der Waals surface area contributed by atoms with E-state index in [-0.39, 0.29) is 10.8 Å². The molecule has 2 rings (SSSR count). The smallest absolute Gasteiger partial charge is 0.141 e. The predicted octanol–water partition coefficient (Wildman–Crippen LogP) is 3.96. The largest absolute Gasteiger partial charge is 0.299 e. The Morgan fingerprint density at radius 2 is 1.78 bits per heavy atom. The van der Waals surface area contributed by atoms with E-state index in [1.54, 1.807) is 0 Å². The van der Waals surface area contributed by atoms with Gasteiger partial charge in [0, 0.05) is 11.8 Å². The second kappa shape index (κ2) is 3.38. The number of Topliss-reactive ketones (excluding diaryl/α,β-unsaturated/α-hetero) is 1. The SMILES string of the molecule is CC1(C)CC(=O)[C@]2(C)[C@H](C1)C[C@@]2(C#N)C(C)(C)C. The summed E-state index contributed by atoms with van der Waals surface area (Å²) in [5, 5.41) is 9.72. The summed E-state index contributed by atoms with van der Waals surface area (Å²) in [6.45, 7) is 12.7. The van der Waals surface area contributed by atoms with Gasteiger partial charge in [0.15, 0.2) is 0 Å². The first-order chi connectivity index (χ1) is 8.00. The van der Waals surface area contributed by atoms with Crippen LogP contribution in [0, 0.1) is 38.9 Å². The molecule has 100 valence electrons. The molecule has 0 N–H and O–H groups in total. The Morgan fingerprint density at radius 1 is 1.22 bits per heavy atom. The lowest BCUT2D eigenvalue weighted by molar-refractivity contribution is -0.197. The molecule has 3 atom stereocenters. The van der Waals surface area contributed by atoms with Crippen LogP contribution in [0.4, 0.5) is 0 Å². The monoisotopic (exact) mass is 247 g/mol. The summed E-state index contributed by atoms with van der Waals surface area (Å²) in [5.41, 5.74) is -0.918. The lowest BCUT2D eigenvalue weighted by Gasteiger charge is -2.67. The highest BCUT2D eigenvalue weighted by Gasteiger charge is 2.72. The maximum Gasteiger partial charge on any atom is 0.141 e. The van der Waals surface area contributed by atoms with Crippen LogP contribution < -0.4 is 0 Å². The quantitative estimate of drug-likeness (QED) is 0.650. The summed E-state index contributed by atoms with van der Waals surface area (Å²) in [5.74, 6) is 0.708. The minimum atomic E-state index is -0.474. The Labute approximate surface area is 111 Å². The molecular formula is C16H25NO. The standard InChI is InChI=1S/C16H25NO/c1-13(2,3)16(10-17)8-11-7-14(4,5)9-12(18)15(11,16)6/h11H,7-9H2,1-6H3/t11-,15+,16-/m1/s1. The summed E-state index contributed by atoms with van der Waals surface area (Å²) in [7, 11) is 0. The van der Waals surface area contributed by atoms with Crippen molar-refractivity contribution in [3.8, 4) is 6.07 Å². The zero-order valence-corrected chi connectivity index (χ0v) is 12.6. The van der Waals surface area contributed by atoms with Crippen LogP contribution in [0.2, 0.25) is 0 Å². The minimum Gasteiger partial charge on any atom is -0.299 e. The number of hydrogen-bond acceptors (Lipinski definition) is 2. The molecule has 0 bridgehead atoms. The highest BCUT2D eigenvalue weighted by Crippen LogP contribution is 2.72. The number of carbonyl (C=O) groups is 1. The first kappa shape index (κ1) is 13.6. The van der Waals surface area contributed by atoms with Gasteiger partial charge in [-0.25, -0.2) is 0 Å². The van der Waals surface area contributed by atoms with Crippen LogP contribution in [-0.2, 0) is 4.79 Å². The summed E-state index contributed by atoms with van der Waals surface area (Å²) in [6.07, 6.45) is 2.59. The van der Waals surface area contributed by atoms with Gasteiger partial charge in [0.1, 0.15) is 5.78 Å². The van der Waals surface area contributed by atoms with E-state index in [1.807, 2.05) is 6.92 Å². The van der Waals surface area contributed by atoms with Crippen molar-refractivity contribution in [1.29, 1.82) is 5.26 Å². The fourth-order valence-corrected chi connectivity index (χ4v) is 4.52. The van der Waals surface area contributed by atoms with Gasteiger partial charge < -0.3 is 0 Å². The molecule has 2 nitrogen and oxygen atoms in total. The molecule has 18 heavy (non-hydrogen) atoms. The number of fused-ring (bicyclic) bond motifs is 1. The number of nitriles is 1. The fraction of sp³-hybridized carbons (Fsp3) is 0.875. The third kappa shape index (κ3) is 1.37. The molecule has 0 aromatic carbocycles. The number of rotatable bonds is 0. The van der Waals surface area contributed by atoms with E-state index >= 15 is 0 Å². The van der Waals surface area contributed by atoms with Crippen molar-refractivity contribution in [2.24, 2.45) is 27.6 Å². The Morgan fingerprint density at radius 3 is 2.17 bits per heavy atom. The van der Waals surface area contributed by atoms with Crippen molar-refractivity contribution in [2.45, 2.75) is 60.8 Å². The van der Waals surface area contributed by atoms with Gasteiger partial charge in [-0.3, -0.25) is 4.79 Å². The summed E-state index contributed by atoms with van der Waals surface area (Å²) < 4.78 is 0. The first-order valence-electron chi connectivity index (χ1n) is 6.95. The number of carbonyl (C=O) groups excluding carboxylic acids is 1. The summed E-state index contributed by atoms with van der Waals surface area (Å²) in [4.78, 5) is 12.7. The molecule has 2 aliphatic rings. The van der Waals surface area contributed by atoms with Crippen molar-refractivity contribution in [3.05, 3.63) is 0 Å². The van der Waals surface area contributed by atoms with E-state index in [0.717, 1.165) is 12.8 Å². The van der Waals surface area contributed by atoms with Crippen molar-refractivity contribution >= 4 is 5.78 Å². The van der Waals surface area contributed by atoms with E-state index in [4.69, 9.17) is 0 Å². The summed E-state index contributed by atoms with van der Waals surface area (Å²) in [6, 6.07) is 2.53. The van der Waals surface area contributed by atoms with Crippen LogP contribution in [0.5, 0.6) is 0 Å². The van der Waals surface area contributed by atoms with Crippen LogP contribution in [-0.4, -0.2) is 5.78 Å². The molecule has 2 saturated carbocycles. The van der Waals surface area contributed by atoms with Crippen molar-refractivity contribution in [1.82, 2.24) is 0 Å². The number of nitrogens with zero attached hydrogens (tertiary/aromatic N) is 1. The van der Waals surface area contributed by atoms with E-state index in [1.165, 1.54) is 0 Å². The van der Waals surface area contributed by atoms with E-state index in [0.29, 0.717) is 18.1 Å². The Bertz CT molecular complexity index is 437. The van der Waals surface area contributed by atoms with Crippen LogP contribution in [0.15, 0.2) is 0 Å². The minimum absolute atomic E-state index is 0.112. The average Bonchev–Trinajstić information content (AvgIpc) is 2.17. The molecule has 0 amide bonds. The molecule has 0 aliphatic heterocycles. The van der Waals surface area contributed by atoms with Crippen LogP contribution in [0.1, 0.15) is 60.8 Å². The molecule has 0 unspecified atom stereocenters. The second-order valence-electron chi connectivity index (χ2n) is 8.34. The topological polar surface area (TPSA) is 40.9 Å². The van der Waals surface area contributed by atoms with E-state index < -0.39 is 10.8 Å². The lowest BCUT2D eigenvalue weighted by Crippen LogP contribution is -2.68. The molecule has 0 spiro atoms. The lowest BCUT2D eigenvalue weighted by atomic mass is 9.33. The molecule has 0 saturated heterocycles. The van der Waals surface area contributed by atoms with Gasteiger partial charge in [0.25, 0.3) is 0 Å². The normalized spacial score (nSPS) is 42.7. The maximum absolute atomic E-state index is 12.7.